The number of rotatable bonds is 3. The number of benzene rings is 1. The van der Waals surface area contributed by atoms with Gasteiger partial charge in [0, 0.05) is 0 Å². The summed E-state index contributed by atoms with van der Waals surface area (Å²) < 4.78 is 37.1. The van der Waals surface area contributed by atoms with E-state index >= 15 is 0 Å². The van der Waals surface area contributed by atoms with Crippen LogP contribution in [0.5, 0.6) is 0 Å². The van der Waals surface area contributed by atoms with Gasteiger partial charge in [-0.25, -0.2) is 0 Å². The van der Waals surface area contributed by atoms with Gasteiger partial charge in [0.2, 0.25) is 0 Å². The molecule has 0 saturated heterocycles. The molecule has 2 nitrogen and oxygen atoms in total. The second kappa shape index (κ2) is 4.88. The highest BCUT2D eigenvalue weighted by molar-refractivity contribution is 7.80. The van der Waals surface area contributed by atoms with Crippen LogP contribution in [-0.4, -0.2) is 11.5 Å². The first-order chi connectivity index (χ1) is 7.30. The first-order valence-corrected chi connectivity index (χ1v) is 4.98. The van der Waals surface area contributed by atoms with Crippen molar-refractivity contribution in [1.29, 1.82) is 0 Å². The van der Waals surface area contributed by atoms with Crippen LogP contribution in [0.15, 0.2) is 18.2 Å². The first-order valence-electron chi connectivity index (χ1n) is 4.19. The summed E-state index contributed by atoms with van der Waals surface area (Å²) >= 11 is 10.3. The molecular weight excluding hydrogens is 261 g/mol. The van der Waals surface area contributed by atoms with Crippen LogP contribution in [0.4, 0.5) is 18.9 Å². The topological polar surface area (TPSA) is 38.0 Å². The summed E-state index contributed by atoms with van der Waals surface area (Å²) in [6, 6.07) is 3.00. The summed E-state index contributed by atoms with van der Waals surface area (Å²) in [4.78, 5) is 0.147. The van der Waals surface area contributed by atoms with E-state index in [2.05, 4.69) is 17.5 Å². The average molecular weight is 269 g/mol. The van der Waals surface area contributed by atoms with E-state index in [0.29, 0.717) is 0 Å². The van der Waals surface area contributed by atoms with E-state index in [9.17, 15) is 13.2 Å². The number of thiocarbonyl (C=S) groups is 1. The molecule has 0 aliphatic rings. The van der Waals surface area contributed by atoms with Crippen LogP contribution in [0.25, 0.3) is 0 Å². The van der Waals surface area contributed by atoms with Crippen molar-refractivity contribution in [3.63, 3.8) is 0 Å². The lowest BCUT2D eigenvalue weighted by atomic mass is 10.2. The van der Waals surface area contributed by atoms with Crippen LogP contribution in [0.3, 0.4) is 0 Å². The van der Waals surface area contributed by atoms with Crippen LogP contribution in [-0.2, 0) is 6.18 Å². The summed E-state index contributed by atoms with van der Waals surface area (Å²) in [5.74, 6) is 0. The maximum atomic E-state index is 12.4. The Morgan fingerprint density at radius 1 is 1.44 bits per heavy atom. The maximum Gasteiger partial charge on any atom is 0.416 e. The number of nitrogens with one attached hydrogen (secondary N) is 1. The molecule has 1 aromatic carbocycles. The lowest BCUT2D eigenvalue weighted by Crippen LogP contribution is -2.20. The molecule has 0 fully saturated rings. The van der Waals surface area contributed by atoms with Crippen LogP contribution in [0, 0.1) is 0 Å². The molecule has 0 aromatic heterocycles. The molecule has 0 aliphatic heterocycles. The van der Waals surface area contributed by atoms with Crippen molar-refractivity contribution in [2.75, 3.05) is 11.9 Å². The van der Waals surface area contributed by atoms with Gasteiger partial charge in [0.15, 0.2) is 0 Å². The molecule has 0 unspecified atom stereocenters. The highest BCUT2D eigenvalue weighted by Gasteiger charge is 2.30. The standard InChI is InChI=1S/C9H8ClF3N2S/c10-6-2-1-5(9(11,12)13)3-7(6)15-4-8(14)16/h1-3,15H,4H2,(H2,14,16). The van der Waals surface area contributed by atoms with E-state index in [1.165, 1.54) is 6.07 Å². The molecule has 0 atom stereocenters. The van der Waals surface area contributed by atoms with E-state index in [1.54, 1.807) is 0 Å². The third kappa shape index (κ3) is 3.53. The molecular formula is C9H8ClF3N2S. The van der Waals surface area contributed by atoms with E-state index in [4.69, 9.17) is 17.3 Å². The largest absolute Gasteiger partial charge is 0.416 e. The predicted molar refractivity (Wildman–Crippen MR) is 61.7 cm³/mol. The van der Waals surface area contributed by atoms with E-state index < -0.39 is 11.7 Å². The fourth-order valence-electron chi connectivity index (χ4n) is 1.02. The quantitative estimate of drug-likeness (QED) is 0.828. The normalized spacial score (nSPS) is 11.2. The predicted octanol–water partition coefficient (Wildman–Crippen LogP) is 3.06. The van der Waals surface area contributed by atoms with Crippen molar-refractivity contribution >= 4 is 34.5 Å². The van der Waals surface area contributed by atoms with Crippen LogP contribution < -0.4 is 11.1 Å². The molecule has 0 saturated carbocycles. The monoisotopic (exact) mass is 268 g/mol. The van der Waals surface area contributed by atoms with Crippen LogP contribution >= 0.6 is 23.8 Å². The van der Waals surface area contributed by atoms with Gasteiger partial charge >= 0.3 is 6.18 Å². The zero-order valence-electron chi connectivity index (χ0n) is 7.94. The summed E-state index contributed by atoms with van der Waals surface area (Å²) in [5.41, 5.74) is 4.60. The highest BCUT2D eigenvalue weighted by atomic mass is 35.5. The SMILES string of the molecule is NC(=S)CNc1cc(C(F)(F)F)ccc1Cl. The highest BCUT2D eigenvalue weighted by Crippen LogP contribution is 2.33. The molecule has 0 amide bonds. The van der Waals surface area contributed by atoms with Crippen molar-refractivity contribution in [1.82, 2.24) is 0 Å². The van der Waals surface area contributed by atoms with Crippen molar-refractivity contribution in [2.24, 2.45) is 5.73 Å². The average Bonchev–Trinajstić information content (AvgIpc) is 2.14. The van der Waals surface area contributed by atoms with E-state index in [0.717, 1.165) is 12.1 Å². The summed E-state index contributed by atoms with van der Waals surface area (Å²) in [6.45, 7) is 0.0936. The third-order valence-electron chi connectivity index (χ3n) is 1.75. The van der Waals surface area contributed by atoms with Gasteiger partial charge in [0.1, 0.15) is 0 Å². The maximum absolute atomic E-state index is 12.4. The van der Waals surface area contributed by atoms with Crippen LogP contribution in [0.2, 0.25) is 5.02 Å². The fourth-order valence-corrected chi connectivity index (χ4v) is 1.28. The fraction of sp³-hybridized carbons (Fsp3) is 0.222. The van der Waals surface area contributed by atoms with E-state index in [-0.39, 0.29) is 22.2 Å². The number of hydrogen-bond acceptors (Lipinski definition) is 2. The summed E-state index contributed by atoms with van der Waals surface area (Å²) in [7, 11) is 0. The first kappa shape index (κ1) is 13.1. The lowest BCUT2D eigenvalue weighted by Gasteiger charge is -2.11. The van der Waals surface area contributed by atoms with Gasteiger partial charge in [-0.05, 0) is 18.2 Å². The Labute approximate surface area is 101 Å². The Morgan fingerprint density at radius 3 is 2.56 bits per heavy atom. The molecule has 3 N–H and O–H groups in total. The number of anilines is 1. The van der Waals surface area contributed by atoms with Gasteiger partial charge in [0.25, 0.3) is 0 Å². The number of halogens is 4. The number of hydrogen-bond donors (Lipinski definition) is 2. The Balaban J connectivity index is 2.95. The minimum Gasteiger partial charge on any atom is -0.392 e. The zero-order chi connectivity index (χ0) is 12.3. The second-order valence-electron chi connectivity index (χ2n) is 3.01. The molecule has 88 valence electrons. The van der Waals surface area contributed by atoms with Gasteiger partial charge in [0.05, 0.1) is 27.8 Å². The van der Waals surface area contributed by atoms with Crippen LogP contribution in [0.1, 0.15) is 5.56 Å². The molecule has 0 bridgehead atoms. The molecule has 1 rings (SSSR count). The smallest absolute Gasteiger partial charge is 0.392 e. The Kier molecular flexibility index (Phi) is 3.98. The molecule has 0 spiro atoms. The third-order valence-corrected chi connectivity index (χ3v) is 2.22. The van der Waals surface area contributed by atoms with Crippen molar-refractivity contribution in [3.05, 3.63) is 28.8 Å². The minimum atomic E-state index is -4.40. The Morgan fingerprint density at radius 2 is 2.06 bits per heavy atom. The van der Waals surface area contributed by atoms with Crippen molar-refractivity contribution < 1.29 is 13.2 Å². The Bertz CT molecular complexity index is 406. The number of alkyl halides is 3. The van der Waals surface area contributed by atoms with Gasteiger partial charge in [-0.1, -0.05) is 23.8 Å². The van der Waals surface area contributed by atoms with E-state index in [1.807, 2.05) is 0 Å². The molecule has 16 heavy (non-hydrogen) atoms. The lowest BCUT2D eigenvalue weighted by molar-refractivity contribution is -0.137. The molecule has 1 aromatic rings. The molecule has 0 aliphatic carbocycles. The second-order valence-corrected chi connectivity index (χ2v) is 3.94. The molecule has 7 heteroatoms. The molecule has 0 radical (unpaired) electrons. The Hall–Kier alpha value is -1.01. The zero-order valence-corrected chi connectivity index (χ0v) is 9.51. The summed E-state index contributed by atoms with van der Waals surface area (Å²) in [5, 5.41) is 2.81. The van der Waals surface area contributed by atoms with Crippen molar-refractivity contribution in [2.45, 2.75) is 6.18 Å². The van der Waals surface area contributed by atoms with Gasteiger partial charge in [-0.2, -0.15) is 13.2 Å². The minimum absolute atomic E-state index is 0.0936. The summed E-state index contributed by atoms with van der Waals surface area (Å²) in [6.07, 6.45) is -4.40. The van der Waals surface area contributed by atoms with Gasteiger partial charge in [-0.3, -0.25) is 0 Å². The van der Waals surface area contributed by atoms with Gasteiger partial charge in [-0.15, -0.1) is 0 Å². The van der Waals surface area contributed by atoms with Gasteiger partial charge < -0.3 is 11.1 Å². The van der Waals surface area contributed by atoms with Crippen molar-refractivity contribution in [3.8, 4) is 0 Å². The molecule has 0 heterocycles. The number of nitrogens with two attached hydrogens (primary N) is 1.